The zero-order valence-corrected chi connectivity index (χ0v) is 10.9. The molecule has 1 heteroatoms. The molecule has 1 nitrogen and oxygen atoms in total. The topological polar surface area (TPSA) is 20.2 Å². The SMILES string of the molecule is CC.Cc1ccccc1.OCc1ccccc1. The maximum Gasteiger partial charge on any atom is 0.0681 e. The van der Waals surface area contributed by atoms with Crippen molar-refractivity contribution in [3.8, 4) is 0 Å². The Labute approximate surface area is 105 Å². The van der Waals surface area contributed by atoms with Gasteiger partial charge in [-0.2, -0.15) is 0 Å². The van der Waals surface area contributed by atoms with Gasteiger partial charge in [0.1, 0.15) is 0 Å². The van der Waals surface area contributed by atoms with E-state index in [1.165, 1.54) is 5.56 Å². The van der Waals surface area contributed by atoms with Gasteiger partial charge in [-0.3, -0.25) is 0 Å². The predicted molar refractivity (Wildman–Crippen MR) is 74.9 cm³/mol. The molecule has 0 aliphatic rings. The van der Waals surface area contributed by atoms with E-state index in [-0.39, 0.29) is 6.61 Å². The van der Waals surface area contributed by atoms with Crippen LogP contribution in [0.4, 0.5) is 0 Å². The molecule has 0 unspecified atom stereocenters. The van der Waals surface area contributed by atoms with Gasteiger partial charge in [-0.1, -0.05) is 80.1 Å². The molecule has 2 aromatic carbocycles. The maximum absolute atomic E-state index is 8.54. The van der Waals surface area contributed by atoms with Crippen molar-refractivity contribution in [2.45, 2.75) is 27.4 Å². The summed E-state index contributed by atoms with van der Waals surface area (Å²) in [5.74, 6) is 0. The van der Waals surface area contributed by atoms with Gasteiger partial charge in [0.15, 0.2) is 0 Å². The van der Waals surface area contributed by atoms with Gasteiger partial charge in [0, 0.05) is 0 Å². The van der Waals surface area contributed by atoms with Crippen LogP contribution in [0.2, 0.25) is 0 Å². The molecular weight excluding hydrogens is 208 g/mol. The highest BCUT2D eigenvalue weighted by Gasteiger charge is 1.81. The van der Waals surface area contributed by atoms with E-state index in [1.54, 1.807) is 0 Å². The first-order valence-electron chi connectivity index (χ1n) is 5.99. The van der Waals surface area contributed by atoms with Gasteiger partial charge >= 0.3 is 0 Å². The second-order valence-corrected chi connectivity index (χ2v) is 3.30. The lowest BCUT2D eigenvalue weighted by Gasteiger charge is -1.89. The van der Waals surface area contributed by atoms with E-state index in [1.807, 2.05) is 62.4 Å². The Kier molecular flexibility index (Phi) is 9.88. The minimum atomic E-state index is 0.140. The molecular formula is C16H22O. The summed E-state index contributed by atoms with van der Waals surface area (Å²) < 4.78 is 0. The fourth-order valence-electron chi connectivity index (χ4n) is 1.12. The van der Waals surface area contributed by atoms with Gasteiger partial charge in [0.2, 0.25) is 0 Å². The number of aliphatic hydroxyl groups is 1. The number of hydrogen-bond donors (Lipinski definition) is 1. The molecule has 0 aliphatic carbocycles. The Balaban J connectivity index is 0.000000265. The normalized spacial score (nSPS) is 8.24. The molecule has 0 atom stereocenters. The predicted octanol–water partition coefficient (Wildman–Crippen LogP) is 4.20. The Bertz CT molecular complexity index is 354. The van der Waals surface area contributed by atoms with Gasteiger partial charge in [-0.05, 0) is 12.5 Å². The second-order valence-electron chi connectivity index (χ2n) is 3.30. The summed E-state index contributed by atoms with van der Waals surface area (Å²) in [5.41, 5.74) is 2.29. The lowest BCUT2D eigenvalue weighted by atomic mass is 10.2. The fourth-order valence-corrected chi connectivity index (χ4v) is 1.12. The van der Waals surface area contributed by atoms with Crippen molar-refractivity contribution >= 4 is 0 Å². The van der Waals surface area contributed by atoms with E-state index in [0.717, 1.165) is 5.56 Å². The van der Waals surface area contributed by atoms with Gasteiger partial charge in [-0.25, -0.2) is 0 Å². The third kappa shape index (κ3) is 8.23. The van der Waals surface area contributed by atoms with Crippen LogP contribution in [0.5, 0.6) is 0 Å². The Morgan fingerprint density at radius 2 is 1.18 bits per heavy atom. The van der Waals surface area contributed by atoms with Crippen LogP contribution in [-0.2, 0) is 6.61 Å². The van der Waals surface area contributed by atoms with Crippen LogP contribution < -0.4 is 0 Å². The van der Waals surface area contributed by atoms with Crippen LogP contribution in [0, 0.1) is 6.92 Å². The summed E-state index contributed by atoms with van der Waals surface area (Å²) in [6, 6.07) is 19.8. The monoisotopic (exact) mass is 230 g/mol. The smallest absolute Gasteiger partial charge is 0.0681 e. The maximum atomic E-state index is 8.54. The number of aryl methyl sites for hydroxylation is 1. The van der Waals surface area contributed by atoms with Crippen molar-refractivity contribution in [3.63, 3.8) is 0 Å². The van der Waals surface area contributed by atoms with E-state index in [9.17, 15) is 0 Å². The standard InChI is InChI=1S/C7H8O.C7H8.C2H6/c8-6-7-4-2-1-3-5-7;1-7-5-3-2-4-6-7;1-2/h1-5,8H,6H2;2-6H,1H3;1-2H3. The summed E-state index contributed by atoms with van der Waals surface area (Å²) in [4.78, 5) is 0. The molecule has 2 aromatic rings. The summed E-state index contributed by atoms with van der Waals surface area (Å²) in [6.45, 7) is 6.22. The largest absolute Gasteiger partial charge is 0.392 e. The van der Waals surface area contributed by atoms with Crippen LogP contribution in [0.3, 0.4) is 0 Å². The van der Waals surface area contributed by atoms with Crippen LogP contribution in [0.25, 0.3) is 0 Å². The van der Waals surface area contributed by atoms with Crippen LogP contribution >= 0.6 is 0 Å². The molecule has 2 rings (SSSR count). The second kappa shape index (κ2) is 10.9. The molecule has 0 fully saturated rings. The van der Waals surface area contributed by atoms with Gasteiger partial charge in [0.05, 0.1) is 6.61 Å². The highest BCUT2D eigenvalue weighted by atomic mass is 16.3. The van der Waals surface area contributed by atoms with Gasteiger partial charge in [0.25, 0.3) is 0 Å². The quantitative estimate of drug-likeness (QED) is 0.778. The number of benzene rings is 2. The zero-order chi connectivity index (χ0) is 12.9. The first-order chi connectivity index (χ1) is 8.33. The average Bonchev–Trinajstić information content (AvgIpc) is 2.43. The third-order valence-corrected chi connectivity index (χ3v) is 1.97. The van der Waals surface area contributed by atoms with Crippen LogP contribution in [0.1, 0.15) is 25.0 Å². The average molecular weight is 230 g/mol. The molecule has 0 aliphatic heterocycles. The lowest BCUT2D eigenvalue weighted by molar-refractivity contribution is 0.282. The van der Waals surface area contributed by atoms with Crippen molar-refractivity contribution in [2.24, 2.45) is 0 Å². The highest BCUT2D eigenvalue weighted by Crippen LogP contribution is 1.95. The van der Waals surface area contributed by atoms with Crippen molar-refractivity contribution < 1.29 is 5.11 Å². The van der Waals surface area contributed by atoms with Crippen LogP contribution in [0.15, 0.2) is 60.7 Å². The van der Waals surface area contributed by atoms with Gasteiger partial charge in [-0.15, -0.1) is 0 Å². The lowest BCUT2D eigenvalue weighted by Crippen LogP contribution is -1.77. The highest BCUT2D eigenvalue weighted by molar-refractivity contribution is 5.13. The Hall–Kier alpha value is -1.60. The molecule has 0 spiro atoms. The first-order valence-corrected chi connectivity index (χ1v) is 5.99. The Morgan fingerprint density at radius 1 is 0.765 bits per heavy atom. The molecule has 0 aromatic heterocycles. The zero-order valence-electron chi connectivity index (χ0n) is 10.9. The Morgan fingerprint density at radius 3 is 1.41 bits per heavy atom. The molecule has 0 saturated heterocycles. The van der Waals surface area contributed by atoms with E-state index in [4.69, 9.17) is 5.11 Å². The molecule has 0 bridgehead atoms. The van der Waals surface area contributed by atoms with Crippen molar-refractivity contribution in [3.05, 3.63) is 71.8 Å². The fraction of sp³-hybridized carbons (Fsp3) is 0.250. The summed E-state index contributed by atoms with van der Waals surface area (Å²) in [7, 11) is 0. The summed E-state index contributed by atoms with van der Waals surface area (Å²) in [5, 5.41) is 8.54. The number of hydrogen-bond acceptors (Lipinski definition) is 1. The van der Waals surface area contributed by atoms with Crippen molar-refractivity contribution in [1.82, 2.24) is 0 Å². The third-order valence-electron chi connectivity index (χ3n) is 1.97. The molecule has 1 N–H and O–H groups in total. The van der Waals surface area contributed by atoms with E-state index < -0.39 is 0 Å². The molecule has 0 heterocycles. The first kappa shape index (κ1) is 15.4. The summed E-state index contributed by atoms with van der Waals surface area (Å²) in [6.07, 6.45) is 0. The van der Waals surface area contributed by atoms with Crippen molar-refractivity contribution in [2.75, 3.05) is 0 Å². The molecule has 17 heavy (non-hydrogen) atoms. The molecule has 0 radical (unpaired) electrons. The summed E-state index contributed by atoms with van der Waals surface area (Å²) >= 11 is 0. The van der Waals surface area contributed by atoms with E-state index in [0.29, 0.717) is 0 Å². The van der Waals surface area contributed by atoms with Gasteiger partial charge < -0.3 is 5.11 Å². The minimum Gasteiger partial charge on any atom is -0.392 e. The molecule has 0 saturated carbocycles. The van der Waals surface area contributed by atoms with E-state index >= 15 is 0 Å². The number of rotatable bonds is 1. The minimum absolute atomic E-state index is 0.140. The van der Waals surface area contributed by atoms with Crippen molar-refractivity contribution in [1.29, 1.82) is 0 Å². The molecule has 92 valence electrons. The number of aliphatic hydroxyl groups excluding tert-OH is 1. The van der Waals surface area contributed by atoms with E-state index in [2.05, 4.69) is 19.1 Å². The van der Waals surface area contributed by atoms with Crippen LogP contribution in [-0.4, -0.2) is 5.11 Å². The molecule has 0 amide bonds.